The van der Waals surface area contributed by atoms with Gasteiger partial charge in [-0.05, 0) is 49.4 Å². The van der Waals surface area contributed by atoms with Gasteiger partial charge >= 0.3 is 39.5 Å². The number of aliphatic hydroxyl groups excluding tert-OH is 1. The van der Waals surface area contributed by atoms with Gasteiger partial charge in [0.1, 0.15) is 19.3 Å². The van der Waals surface area contributed by atoms with Crippen LogP contribution in [0.15, 0.2) is 0 Å². The van der Waals surface area contributed by atoms with Crippen LogP contribution in [0.3, 0.4) is 0 Å². The Hall–Kier alpha value is -1.94. The van der Waals surface area contributed by atoms with Crippen molar-refractivity contribution in [3.63, 3.8) is 0 Å². The van der Waals surface area contributed by atoms with Crippen molar-refractivity contribution in [3.05, 3.63) is 0 Å². The highest BCUT2D eigenvalue weighted by molar-refractivity contribution is 7.47. The largest absolute Gasteiger partial charge is 0.472 e. The van der Waals surface area contributed by atoms with Gasteiger partial charge in [-0.15, -0.1) is 0 Å². The first-order valence-corrected chi connectivity index (χ1v) is 46.3. The summed E-state index contributed by atoms with van der Waals surface area (Å²) in [6.07, 6.45) is 61.0. The van der Waals surface area contributed by atoms with Gasteiger partial charge in [-0.1, -0.05) is 383 Å². The molecular formula is C84H164O17P2. The number of ether oxygens (including phenoxy) is 4. The Kier molecular flexibility index (Phi) is 71.5. The molecule has 4 unspecified atom stereocenters. The molecule has 0 aromatic carbocycles. The minimum Gasteiger partial charge on any atom is -0.462 e. The molecule has 19 heteroatoms. The molecule has 0 amide bonds. The maximum absolute atomic E-state index is 13.1. The number of phosphoric ester groups is 2. The first kappa shape index (κ1) is 101. The van der Waals surface area contributed by atoms with Crippen molar-refractivity contribution in [2.24, 2.45) is 23.7 Å². The quantitative estimate of drug-likeness (QED) is 0.0222. The third-order valence-electron chi connectivity index (χ3n) is 20.3. The normalized spacial score (nSPS) is 14.5. The summed E-state index contributed by atoms with van der Waals surface area (Å²) in [4.78, 5) is 73.1. The van der Waals surface area contributed by atoms with Crippen LogP contribution in [0, 0.1) is 23.7 Å². The number of unbranched alkanes of at least 4 members (excludes halogenated alkanes) is 45. The van der Waals surface area contributed by atoms with Gasteiger partial charge in [0.15, 0.2) is 12.2 Å². The van der Waals surface area contributed by atoms with Crippen LogP contribution in [0.1, 0.15) is 434 Å². The van der Waals surface area contributed by atoms with E-state index in [1.54, 1.807) is 0 Å². The molecule has 0 aliphatic carbocycles. The SMILES string of the molecule is CCC(C)CCCCCCCCCCCCCCCCCCCCC(=O)O[C@H](COC(=O)CCCCCCCCCCCCCCCC(C)C)COP(=O)(O)OC[C@@H](O)COP(=O)(O)OC[C@@H](COC(=O)CCCCCCCCCCC(C)CC)OC(=O)CCCCCCCCCCCCC(C)C. The van der Waals surface area contributed by atoms with E-state index < -0.39 is 97.5 Å². The monoisotopic (exact) mass is 1510 g/mol. The molecule has 0 radical (unpaired) electrons. The highest BCUT2D eigenvalue weighted by Crippen LogP contribution is 2.45. The van der Waals surface area contributed by atoms with Gasteiger partial charge in [0, 0.05) is 25.7 Å². The van der Waals surface area contributed by atoms with Gasteiger partial charge in [0.25, 0.3) is 0 Å². The maximum atomic E-state index is 13.1. The summed E-state index contributed by atoms with van der Waals surface area (Å²) in [7, 11) is -9.93. The smallest absolute Gasteiger partial charge is 0.462 e. The third-order valence-corrected chi connectivity index (χ3v) is 22.2. The number of rotatable bonds is 81. The van der Waals surface area contributed by atoms with E-state index >= 15 is 0 Å². The Morgan fingerprint density at radius 1 is 0.272 bits per heavy atom. The molecule has 3 N–H and O–H groups in total. The standard InChI is InChI=1S/C84H164O17P2/c1-9-76(7)62-54-46-38-30-23-19-15-13-11-12-14-16-20-25-32-42-50-58-66-83(88)100-79(70-94-81(86)64-56-48-40-31-24-21-17-18-22-28-36-44-52-60-74(3)4)72-98-102(90,91)96-68-78(85)69-97-103(92,93)99-73-80(71-95-82(87)65-57-49-41-35-34-39-47-55-63-77(8)10-2)101-84(89)67-59-51-43-33-27-26-29-37-45-53-61-75(5)6/h74-80,85H,9-73H2,1-8H3,(H,90,91)(H,92,93)/t76?,77?,78-,79-,80-/m1/s1. The first-order chi connectivity index (χ1) is 49.7. The zero-order chi connectivity index (χ0) is 76.0. The highest BCUT2D eigenvalue weighted by Gasteiger charge is 2.30. The van der Waals surface area contributed by atoms with E-state index in [0.717, 1.165) is 114 Å². The molecule has 0 aromatic rings. The van der Waals surface area contributed by atoms with Crippen LogP contribution in [0.2, 0.25) is 0 Å². The van der Waals surface area contributed by atoms with E-state index in [2.05, 4.69) is 55.4 Å². The molecule has 17 nitrogen and oxygen atoms in total. The Bertz CT molecular complexity index is 2010. The summed E-state index contributed by atoms with van der Waals surface area (Å²) in [6, 6.07) is 0. The van der Waals surface area contributed by atoms with E-state index in [1.165, 1.54) is 238 Å². The van der Waals surface area contributed by atoms with Crippen LogP contribution < -0.4 is 0 Å². The van der Waals surface area contributed by atoms with Crippen LogP contribution >= 0.6 is 15.6 Å². The summed E-state index contributed by atoms with van der Waals surface area (Å²) in [5, 5.41) is 10.7. The minimum atomic E-state index is -4.97. The average molecular weight is 1510 g/mol. The molecule has 7 atom stereocenters. The Balaban J connectivity index is 5.24. The third kappa shape index (κ3) is 75.3. The molecule has 0 spiro atoms. The molecule has 0 heterocycles. The van der Waals surface area contributed by atoms with Crippen molar-refractivity contribution >= 4 is 39.5 Å². The summed E-state index contributed by atoms with van der Waals surface area (Å²) in [6.45, 7) is 14.3. The van der Waals surface area contributed by atoms with Gasteiger partial charge in [-0.2, -0.15) is 0 Å². The van der Waals surface area contributed by atoms with Gasteiger partial charge in [-0.3, -0.25) is 37.3 Å². The molecule has 103 heavy (non-hydrogen) atoms. The second kappa shape index (κ2) is 72.9. The van der Waals surface area contributed by atoms with E-state index in [0.29, 0.717) is 25.7 Å². The zero-order valence-electron chi connectivity index (χ0n) is 68.0. The minimum absolute atomic E-state index is 0.105. The number of carbonyl (C=O) groups is 4. The van der Waals surface area contributed by atoms with Gasteiger partial charge in [0.05, 0.1) is 26.4 Å². The van der Waals surface area contributed by atoms with E-state index in [-0.39, 0.29) is 25.7 Å². The summed E-state index contributed by atoms with van der Waals surface area (Å²) >= 11 is 0. The molecule has 0 aromatic heterocycles. The molecule has 0 fully saturated rings. The fraction of sp³-hybridized carbons (Fsp3) is 0.952. The van der Waals surface area contributed by atoms with E-state index in [1.807, 2.05) is 0 Å². The zero-order valence-corrected chi connectivity index (χ0v) is 69.7. The lowest BCUT2D eigenvalue weighted by Crippen LogP contribution is -2.30. The number of esters is 4. The van der Waals surface area contributed by atoms with E-state index in [9.17, 15) is 43.2 Å². The molecule has 0 saturated heterocycles. The fourth-order valence-electron chi connectivity index (χ4n) is 12.9. The van der Waals surface area contributed by atoms with Crippen molar-refractivity contribution in [2.45, 2.75) is 453 Å². The predicted octanol–water partition coefficient (Wildman–Crippen LogP) is 25.2. The van der Waals surface area contributed by atoms with Crippen LogP contribution in [0.25, 0.3) is 0 Å². The number of aliphatic hydroxyl groups is 1. The van der Waals surface area contributed by atoms with Crippen LogP contribution in [-0.2, 0) is 65.4 Å². The summed E-state index contributed by atoms with van der Waals surface area (Å²) in [5.41, 5.74) is 0. The van der Waals surface area contributed by atoms with Crippen molar-refractivity contribution in [3.8, 4) is 0 Å². The van der Waals surface area contributed by atoms with Crippen molar-refractivity contribution in [1.29, 1.82) is 0 Å². The molecule has 0 aliphatic rings. The van der Waals surface area contributed by atoms with Crippen molar-refractivity contribution in [2.75, 3.05) is 39.6 Å². The molecule has 0 bridgehead atoms. The lowest BCUT2D eigenvalue weighted by Gasteiger charge is -2.21. The van der Waals surface area contributed by atoms with Crippen LogP contribution in [0.5, 0.6) is 0 Å². The van der Waals surface area contributed by atoms with Crippen molar-refractivity contribution < 1.29 is 80.2 Å². The summed E-state index contributed by atoms with van der Waals surface area (Å²) in [5.74, 6) is 1.08. The summed E-state index contributed by atoms with van der Waals surface area (Å²) < 4.78 is 68.8. The second-order valence-electron chi connectivity index (χ2n) is 31.7. The molecule has 612 valence electrons. The predicted molar refractivity (Wildman–Crippen MR) is 423 cm³/mol. The Morgan fingerprint density at radius 3 is 0.689 bits per heavy atom. The number of hydrogen-bond donors (Lipinski definition) is 3. The molecular weight excluding hydrogens is 1340 g/mol. The number of carbonyl (C=O) groups excluding carboxylic acids is 4. The molecule has 0 aliphatic heterocycles. The molecule has 0 rings (SSSR count). The second-order valence-corrected chi connectivity index (χ2v) is 34.6. The Labute approximate surface area is 632 Å². The highest BCUT2D eigenvalue weighted by atomic mass is 31.2. The average Bonchev–Trinajstić information content (AvgIpc) is 0.906. The first-order valence-electron chi connectivity index (χ1n) is 43.3. The maximum Gasteiger partial charge on any atom is 0.472 e. The topological polar surface area (TPSA) is 237 Å². The van der Waals surface area contributed by atoms with Gasteiger partial charge in [-0.25, -0.2) is 9.13 Å². The lowest BCUT2D eigenvalue weighted by molar-refractivity contribution is -0.161. The van der Waals surface area contributed by atoms with Gasteiger partial charge in [0.2, 0.25) is 0 Å². The molecule has 0 saturated carbocycles. The number of hydrogen-bond acceptors (Lipinski definition) is 15. The number of phosphoric acid groups is 2. The van der Waals surface area contributed by atoms with Crippen LogP contribution in [0.4, 0.5) is 0 Å². The van der Waals surface area contributed by atoms with E-state index in [4.69, 9.17) is 37.0 Å². The van der Waals surface area contributed by atoms with Gasteiger partial charge < -0.3 is 33.8 Å². The lowest BCUT2D eigenvalue weighted by atomic mass is 9.99. The Morgan fingerprint density at radius 2 is 0.466 bits per heavy atom. The van der Waals surface area contributed by atoms with Crippen LogP contribution in [-0.4, -0.2) is 96.7 Å². The fourth-order valence-corrected chi connectivity index (χ4v) is 14.5. The van der Waals surface area contributed by atoms with Crippen molar-refractivity contribution in [1.82, 2.24) is 0 Å².